The molecule has 1 atom stereocenters. The summed E-state index contributed by atoms with van der Waals surface area (Å²) in [6.07, 6.45) is 4.30. The van der Waals surface area contributed by atoms with Crippen molar-refractivity contribution in [2.75, 3.05) is 31.2 Å². The number of hydrogen-bond donors (Lipinski definition) is 1. The van der Waals surface area contributed by atoms with E-state index in [-0.39, 0.29) is 11.8 Å². The highest BCUT2D eigenvalue weighted by Crippen LogP contribution is 2.25. The zero-order chi connectivity index (χ0) is 17.8. The lowest BCUT2D eigenvalue weighted by molar-refractivity contribution is -0.125. The van der Waals surface area contributed by atoms with Crippen LogP contribution in [0.5, 0.6) is 0 Å². The van der Waals surface area contributed by atoms with Crippen molar-refractivity contribution < 1.29 is 9.53 Å². The van der Waals surface area contributed by atoms with Crippen molar-refractivity contribution in [3.8, 4) is 0 Å². The van der Waals surface area contributed by atoms with E-state index in [2.05, 4.69) is 15.2 Å². The number of hydrogen-bond acceptors (Lipinski definition) is 5. The number of nitrogens with zero attached hydrogens (tertiary/aromatic N) is 3. The van der Waals surface area contributed by atoms with Gasteiger partial charge in [-0.1, -0.05) is 30.3 Å². The average Bonchev–Trinajstić information content (AvgIpc) is 2.72. The van der Waals surface area contributed by atoms with Crippen LogP contribution in [-0.2, 0) is 28.9 Å². The van der Waals surface area contributed by atoms with Crippen LogP contribution in [0, 0.1) is 5.92 Å². The summed E-state index contributed by atoms with van der Waals surface area (Å²) < 4.78 is 5.39. The predicted molar refractivity (Wildman–Crippen MR) is 98.9 cm³/mol. The third-order valence-electron chi connectivity index (χ3n) is 5.11. The van der Waals surface area contributed by atoms with Crippen molar-refractivity contribution in [3.05, 3.63) is 53.3 Å². The molecular formula is C20H24N4O2. The highest BCUT2D eigenvalue weighted by Gasteiger charge is 2.26. The average molecular weight is 352 g/mol. The Morgan fingerprint density at radius 2 is 2.04 bits per heavy atom. The number of ether oxygens (including phenoxy) is 1. The first-order chi connectivity index (χ1) is 12.8. The summed E-state index contributed by atoms with van der Waals surface area (Å²) in [5, 5.41) is 3.06. The van der Waals surface area contributed by atoms with Gasteiger partial charge in [0.15, 0.2) is 0 Å². The van der Waals surface area contributed by atoms with E-state index < -0.39 is 0 Å². The summed E-state index contributed by atoms with van der Waals surface area (Å²) in [4.78, 5) is 24.0. The second-order valence-corrected chi connectivity index (χ2v) is 6.88. The third-order valence-corrected chi connectivity index (χ3v) is 5.11. The molecule has 2 heterocycles. The number of fused-ring (bicyclic) bond motifs is 1. The molecule has 0 saturated carbocycles. The van der Waals surface area contributed by atoms with Crippen molar-refractivity contribution in [1.82, 2.24) is 15.3 Å². The standard InChI is InChI=1S/C20H24N4O2/c25-19(21-13-15-4-2-1-3-5-15)16-6-7-18-17(12-16)14-22-20(23-18)24-8-10-26-11-9-24/h1-5,14,16H,6-13H2,(H,21,25). The minimum atomic E-state index is 0.00375. The molecule has 2 aliphatic rings. The van der Waals surface area contributed by atoms with Crippen LogP contribution in [0.3, 0.4) is 0 Å². The highest BCUT2D eigenvalue weighted by atomic mass is 16.5. The number of benzene rings is 1. The number of carbonyl (C=O) groups excluding carboxylic acids is 1. The quantitative estimate of drug-likeness (QED) is 0.908. The minimum absolute atomic E-state index is 0.00375. The SMILES string of the molecule is O=C(NCc1ccccc1)C1CCc2nc(N3CCOCC3)ncc2C1. The Morgan fingerprint density at radius 1 is 1.23 bits per heavy atom. The molecule has 4 rings (SSSR count). The lowest BCUT2D eigenvalue weighted by Crippen LogP contribution is -2.38. The van der Waals surface area contributed by atoms with Crippen LogP contribution < -0.4 is 10.2 Å². The fraction of sp³-hybridized carbons (Fsp3) is 0.450. The molecule has 1 N–H and O–H groups in total. The van der Waals surface area contributed by atoms with Gasteiger partial charge in [-0.05, 0) is 30.4 Å². The van der Waals surface area contributed by atoms with Gasteiger partial charge >= 0.3 is 0 Å². The van der Waals surface area contributed by atoms with Gasteiger partial charge in [-0.25, -0.2) is 9.97 Å². The first kappa shape index (κ1) is 17.0. The zero-order valence-corrected chi connectivity index (χ0v) is 14.9. The molecule has 1 aromatic carbocycles. The van der Waals surface area contributed by atoms with Crippen molar-refractivity contribution in [2.45, 2.75) is 25.8 Å². The molecule has 1 aromatic heterocycles. The minimum Gasteiger partial charge on any atom is -0.378 e. The van der Waals surface area contributed by atoms with E-state index in [1.54, 1.807) is 0 Å². The van der Waals surface area contributed by atoms with Crippen LogP contribution in [-0.4, -0.2) is 42.2 Å². The Balaban J connectivity index is 1.37. The number of carbonyl (C=O) groups is 1. The second-order valence-electron chi connectivity index (χ2n) is 6.88. The Kier molecular flexibility index (Phi) is 5.11. The molecule has 6 nitrogen and oxygen atoms in total. The molecule has 1 aliphatic carbocycles. The molecule has 1 aliphatic heterocycles. The molecule has 0 radical (unpaired) electrons. The maximum atomic E-state index is 12.5. The van der Waals surface area contributed by atoms with E-state index in [1.165, 1.54) is 0 Å². The Morgan fingerprint density at radius 3 is 2.85 bits per heavy atom. The monoisotopic (exact) mass is 352 g/mol. The largest absolute Gasteiger partial charge is 0.378 e. The topological polar surface area (TPSA) is 67.4 Å². The van der Waals surface area contributed by atoms with Crippen molar-refractivity contribution in [2.24, 2.45) is 5.92 Å². The van der Waals surface area contributed by atoms with Crippen LogP contribution >= 0.6 is 0 Å². The number of rotatable bonds is 4. The van der Waals surface area contributed by atoms with Gasteiger partial charge in [-0.15, -0.1) is 0 Å². The Bertz CT molecular complexity index is 760. The Labute approximate surface area is 153 Å². The lowest BCUT2D eigenvalue weighted by atomic mass is 9.86. The van der Waals surface area contributed by atoms with E-state index in [4.69, 9.17) is 9.72 Å². The second kappa shape index (κ2) is 7.83. The molecule has 1 saturated heterocycles. The van der Waals surface area contributed by atoms with Crippen LogP contribution in [0.2, 0.25) is 0 Å². The molecule has 136 valence electrons. The molecule has 1 amide bonds. The fourth-order valence-electron chi connectivity index (χ4n) is 3.57. The maximum absolute atomic E-state index is 12.5. The van der Waals surface area contributed by atoms with Gasteiger partial charge < -0.3 is 15.0 Å². The molecular weight excluding hydrogens is 328 g/mol. The summed E-state index contributed by atoms with van der Waals surface area (Å²) >= 11 is 0. The summed E-state index contributed by atoms with van der Waals surface area (Å²) in [5.74, 6) is 0.917. The fourth-order valence-corrected chi connectivity index (χ4v) is 3.57. The van der Waals surface area contributed by atoms with Gasteiger partial charge in [0.05, 0.1) is 13.2 Å². The number of nitrogens with one attached hydrogen (secondary N) is 1. The summed E-state index contributed by atoms with van der Waals surface area (Å²) in [5.41, 5.74) is 3.32. The summed E-state index contributed by atoms with van der Waals surface area (Å²) in [6.45, 7) is 3.70. The molecule has 1 fully saturated rings. The number of anilines is 1. The normalized spacial score (nSPS) is 19.7. The third kappa shape index (κ3) is 3.85. The van der Waals surface area contributed by atoms with E-state index in [9.17, 15) is 4.79 Å². The van der Waals surface area contributed by atoms with Crippen molar-refractivity contribution in [1.29, 1.82) is 0 Å². The van der Waals surface area contributed by atoms with E-state index in [1.807, 2.05) is 36.5 Å². The number of aryl methyl sites for hydroxylation is 1. The van der Waals surface area contributed by atoms with Gasteiger partial charge in [-0.3, -0.25) is 4.79 Å². The van der Waals surface area contributed by atoms with Crippen molar-refractivity contribution >= 4 is 11.9 Å². The van der Waals surface area contributed by atoms with Gasteiger partial charge in [0.2, 0.25) is 11.9 Å². The molecule has 1 unspecified atom stereocenters. The highest BCUT2D eigenvalue weighted by molar-refractivity contribution is 5.79. The number of aromatic nitrogens is 2. The number of amides is 1. The molecule has 0 bridgehead atoms. The van der Waals surface area contributed by atoms with Gasteiger partial charge in [-0.2, -0.15) is 0 Å². The lowest BCUT2D eigenvalue weighted by Gasteiger charge is -2.28. The summed E-state index contributed by atoms with van der Waals surface area (Å²) in [6, 6.07) is 10.0. The van der Waals surface area contributed by atoms with Crippen molar-refractivity contribution in [3.63, 3.8) is 0 Å². The smallest absolute Gasteiger partial charge is 0.225 e. The van der Waals surface area contributed by atoms with Crippen LogP contribution in [0.15, 0.2) is 36.5 Å². The molecule has 6 heteroatoms. The van der Waals surface area contributed by atoms with Gasteiger partial charge in [0.25, 0.3) is 0 Å². The Hall–Kier alpha value is -2.47. The molecule has 2 aromatic rings. The summed E-state index contributed by atoms with van der Waals surface area (Å²) in [7, 11) is 0. The molecule has 26 heavy (non-hydrogen) atoms. The van der Waals surface area contributed by atoms with Crippen LogP contribution in [0.4, 0.5) is 5.95 Å². The van der Waals surface area contributed by atoms with Crippen LogP contribution in [0.1, 0.15) is 23.2 Å². The van der Waals surface area contributed by atoms with Gasteiger partial charge in [0.1, 0.15) is 0 Å². The first-order valence-electron chi connectivity index (χ1n) is 9.29. The predicted octanol–water partition coefficient (Wildman–Crippen LogP) is 1.73. The number of morpholine rings is 1. The van der Waals surface area contributed by atoms with E-state index >= 15 is 0 Å². The van der Waals surface area contributed by atoms with Crippen LogP contribution in [0.25, 0.3) is 0 Å². The maximum Gasteiger partial charge on any atom is 0.225 e. The van der Waals surface area contributed by atoms with E-state index in [0.29, 0.717) is 6.54 Å². The zero-order valence-electron chi connectivity index (χ0n) is 14.9. The van der Waals surface area contributed by atoms with E-state index in [0.717, 1.165) is 68.3 Å². The van der Waals surface area contributed by atoms with Gasteiger partial charge in [0, 0.05) is 37.4 Å². The first-order valence-corrected chi connectivity index (χ1v) is 9.29. The molecule has 0 spiro atoms.